The summed E-state index contributed by atoms with van der Waals surface area (Å²) < 4.78 is 33.1. The Morgan fingerprint density at radius 1 is 1.11 bits per heavy atom. The van der Waals surface area contributed by atoms with Crippen molar-refractivity contribution in [2.75, 3.05) is 29.6 Å². The van der Waals surface area contributed by atoms with E-state index in [1.54, 1.807) is 36.3 Å². The molecule has 0 aliphatic carbocycles. The van der Waals surface area contributed by atoms with Crippen molar-refractivity contribution in [2.45, 2.75) is 18.3 Å². The maximum Gasteiger partial charge on any atom is 0.323 e. The number of halogens is 2. The number of anilines is 2. The SMILES string of the molecule is COc1ccc(NC(=O)N2CCS[C@@]23C(=O)N(Cc2ccc(F)cc2F)c2ccc(C)cc23)cc1. The third-order valence-corrected chi connectivity index (χ3v) is 7.70. The lowest BCUT2D eigenvalue weighted by Crippen LogP contribution is -2.51. The fourth-order valence-electron chi connectivity index (χ4n) is 4.57. The fraction of sp³-hybridized carbons (Fsp3) is 0.231. The lowest BCUT2D eigenvalue weighted by Gasteiger charge is -2.33. The summed E-state index contributed by atoms with van der Waals surface area (Å²) in [7, 11) is 1.56. The predicted molar refractivity (Wildman–Crippen MR) is 132 cm³/mol. The number of benzene rings is 3. The first kappa shape index (κ1) is 23.2. The van der Waals surface area contributed by atoms with Gasteiger partial charge in [-0.3, -0.25) is 9.69 Å². The number of fused-ring (bicyclic) bond motifs is 2. The van der Waals surface area contributed by atoms with Gasteiger partial charge in [-0.05, 0) is 43.3 Å². The largest absolute Gasteiger partial charge is 0.497 e. The first-order valence-electron chi connectivity index (χ1n) is 11.1. The Kier molecular flexibility index (Phi) is 5.88. The molecule has 35 heavy (non-hydrogen) atoms. The number of nitrogens with one attached hydrogen (secondary N) is 1. The molecule has 0 unspecified atom stereocenters. The van der Waals surface area contributed by atoms with Crippen LogP contribution in [-0.4, -0.2) is 36.2 Å². The molecule has 1 saturated heterocycles. The second-order valence-corrected chi connectivity index (χ2v) is 9.74. The van der Waals surface area contributed by atoms with Gasteiger partial charge in [0.1, 0.15) is 17.4 Å². The molecule has 6 nitrogen and oxygen atoms in total. The fourth-order valence-corrected chi connectivity index (χ4v) is 6.02. The second kappa shape index (κ2) is 8.88. The van der Waals surface area contributed by atoms with Gasteiger partial charge in [-0.25, -0.2) is 13.6 Å². The molecule has 0 radical (unpaired) electrons. The van der Waals surface area contributed by atoms with Crippen molar-refractivity contribution in [2.24, 2.45) is 0 Å². The van der Waals surface area contributed by atoms with Crippen LogP contribution in [0.15, 0.2) is 60.7 Å². The highest BCUT2D eigenvalue weighted by Crippen LogP contribution is 2.54. The van der Waals surface area contributed by atoms with Crippen molar-refractivity contribution in [3.05, 3.63) is 89.0 Å². The number of nitrogens with zero attached hydrogens (tertiary/aromatic N) is 2. The molecule has 9 heteroatoms. The third kappa shape index (κ3) is 3.89. The predicted octanol–water partition coefficient (Wildman–Crippen LogP) is 5.26. The van der Waals surface area contributed by atoms with E-state index in [1.807, 2.05) is 25.1 Å². The van der Waals surface area contributed by atoms with E-state index in [2.05, 4.69) is 5.32 Å². The summed E-state index contributed by atoms with van der Waals surface area (Å²) in [6.45, 7) is 2.21. The quantitative estimate of drug-likeness (QED) is 0.536. The number of carbonyl (C=O) groups excluding carboxylic acids is 2. The van der Waals surface area contributed by atoms with Crippen LogP contribution in [0.25, 0.3) is 0 Å². The van der Waals surface area contributed by atoms with Crippen LogP contribution in [0.5, 0.6) is 5.75 Å². The van der Waals surface area contributed by atoms with Crippen LogP contribution in [-0.2, 0) is 16.2 Å². The van der Waals surface area contributed by atoms with Crippen LogP contribution in [0.4, 0.5) is 25.0 Å². The van der Waals surface area contributed by atoms with Crippen LogP contribution in [0, 0.1) is 18.6 Å². The summed E-state index contributed by atoms with van der Waals surface area (Å²) in [5.74, 6) is -0.502. The molecule has 2 aliphatic rings. The van der Waals surface area contributed by atoms with Crippen molar-refractivity contribution in [1.29, 1.82) is 0 Å². The summed E-state index contributed by atoms with van der Waals surface area (Å²) in [5, 5.41) is 2.88. The van der Waals surface area contributed by atoms with Crippen molar-refractivity contribution in [3.8, 4) is 5.75 Å². The maximum atomic E-state index is 14.5. The van der Waals surface area contributed by atoms with E-state index >= 15 is 0 Å². The van der Waals surface area contributed by atoms with Crippen molar-refractivity contribution in [1.82, 2.24) is 4.90 Å². The lowest BCUT2D eigenvalue weighted by molar-refractivity contribution is -0.123. The molecule has 1 fully saturated rings. The van der Waals surface area contributed by atoms with E-state index in [9.17, 15) is 18.4 Å². The number of hydrogen-bond donors (Lipinski definition) is 1. The van der Waals surface area contributed by atoms with Gasteiger partial charge in [-0.1, -0.05) is 23.8 Å². The van der Waals surface area contributed by atoms with Crippen molar-refractivity contribution in [3.63, 3.8) is 0 Å². The number of carbonyl (C=O) groups is 2. The van der Waals surface area contributed by atoms with Crippen molar-refractivity contribution >= 4 is 35.1 Å². The molecular weight excluding hydrogens is 472 g/mol. The highest BCUT2D eigenvalue weighted by molar-refractivity contribution is 8.01. The molecule has 3 aromatic rings. The summed E-state index contributed by atoms with van der Waals surface area (Å²) in [5.41, 5.74) is 3.01. The number of rotatable bonds is 4. The van der Waals surface area contributed by atoms with Gasteiger partial charge in [0.2, 0.25) is 0 Å². The number of amides is 3. The van der Waals surface area contributed by atoms with Crippen molar-refractivity contribution < 1.29 is 23.1 Å². The lowest BCUT2D eigenvalue weighted by atomic mass is 10.0. The minimum Gasteiger partial charge on any atom is -0.497 e. The van der Waals surface area contributed by atoms with Gasteiger partial charge in [0, 0.05) is 35.2 Å². The van der Waals surface area contributed by atoms with E-state index in [4.69, 9.17) is 4.74 Å². The molecule has 5 rings (SSSR count). The number of urea groups is 1. The van der Waals surface area contributed by atoms with Gasteiger partial charge in [-0.15, -0.1) is 11.8 Å². The van der Waals surface area contributed by atoms with E-state index in [0.717, 1.165) is 11.6 Å². The van der Waals surface area contributed by atoms with Crippen LogP contribution >= 0.6 is 11.8 Å². The zero-order valence-electron chi connectivity index (χ0n) is 19.2. The molecule has 3 aromatic carbocycles. The highest BCUT2D eigenvalue weighted by Gasteiger charge is 2.59. The third-order valence-electron chi connectivity index (χ3n) is 6.28. The van der Waals surface area contributed by atoms with E-state index in [0.29, 0.717) is 35.0 Å². The van der Waals surface area contributed by atoms with Gasteiger partial charge in [0.15, 0.2) is 4.87 Å². The molecule has 0 aromatic heterocycles. The van der Waals surface area contributed by atoms with Crippen LogP contribution in [0.2, 0.25) is 0 Å². The molecule has 2 heterocycles. The zero-order valence-corrected chi connectivity index (χ0v) is 20.0. The van der Waals surface area contributed by atoms with E-state index in [1.165, 1.54) is 28.8 Å². The summed E-state index contributed by atoms with van der Waals surface area (Å²) >= 11 is 1.39. The number of aryl methyl sites for hydroxylation is 1. The Morgan fingerprint density at radius 2 is 1.89 bits per heavy atom. The topological polar surface area (TPSA) is 61.9 Å². The molecule has 3 amide bonds. The summed E-state index contributed by atoms with van der Waals surface area (Å²) in [4.78, 5) is 29.2. The average Bonchev–Trinajstić information content (AvgIpc) is 3.38. The molecule has 0 bridgehead atoms. The maximum absolute atomic E-state index is 14.5. The monoisotopic (exact) mass is 495 g/mol. The van der Waals surface area contributed by atoms with Gasteiger partial charge < -0.3 is 15.0 Å². The Balaban J connectivity index is 1.51. The standard InChI is InChI=1S/C26H23F2N3O3S/c1-16-3-10-23-21(13-16)26(24(32)30(23)15-17-4-5-18(27)14-22(17)28)31(11-12-35-26)25(33)29-19-6-8-20(34-2)9-7-19/h3-10,13-14H,11-12,15H2,1-2H3,(H,29,33)/t26-/m0/s1. The normalized spacial score (nSPS) is 18.8. The molecule has 2 aliphatic heterocycles. The summed E-state index contributed by atoms with van der Waals surface area (Å²) in [6.07, 6.45) is 0. The van der Waals surface area contributed by atoms with E-state index < -0.39 is 22.5 Å². The smallest absolute Gasteiger partial charge is 0.323 e. The van der Waals surface area contributed by atoms with Gasteiger partial charge in [0.05, 0.1) is 19.3 Å². The van der Waals surface area contributed by atoms with Crippen LogP contribution in [0.1, 0.15) is 16.7 Å². The second-order valence-electron chi connectivity index (χ2n) is 8.45. The number of thioether (sulfide) groups is 1. The minimum atomic E-state index is -1.27. The Hall–Kier alpha value is -3.59. The molecule has 180 valence electrons. The number of ether oxygens (including phenoxy) is 1. The van der Waals surface area contributed by atoms with Gasteiger partial charge >= 0.3 is 6.03 Å². The number of methoxy groups -OCH3 is 1. The van der Waals surface area contributed by atoms with Gasteiger partial charge in [-0.2, -0.15) is 0 Å². The number of hydrogen-bond acceptors (Lipinski definition) is 4. The average molecular weight is 496 g/mol. The van der Waals surface area contributed by atoms with E-state index in [-0.39, 0.29) is 18.0 Å². The Labute approximate surface area is 205 Å². The molecule has 1 atom stereocenters. The summed E-state index contributed by atoms with van der Waals surface area (Å²) in [6, 6.07) is 15.4. The molecular formula is C26H23F2N3O3S. The molecule has 1 spiro atoms. The highest BCUT2D eigenvalue weighted by atomic mass is 32.2. The molecule has 0 saturated carbocycles. The Morgan fingerprint density at radius 3 is 2.60 bits per heavy atom. The Bertz CT molecular complexity index is 1320. The zero-order chi connectivity index (χ0) is 24.7. The first-order valence-corrected chi connectivity index (χ1v) is 12.1. The first-order chi connectivity index (χ1) is 16.8. The van der Waals surface area contributed by atoms with Crippen LogP contribution in [0.3, 0.4) is 0 Å². The van der Waals surface area contributed by atoms with Crippen LogP contribution < -0.4 is 15.0 Å². The minimum absolute atomic E-state index is 0.0722. The molecule has 1 N–H and O–H groups in total. The van der Waals surface area contributed by atoms with Gasteiger partial charge in [0.25, 0.3) is 5.91 Å².